The molecule has 0 N–H and O–H groups in total. The SMILES string of the molecule is C#CCCc1csc2c1CCCC2. The molecule has 0 saturated carbocycles. The molecule has 0 spiro atoms. The van der Waals surface area contributed by atoms with Gasteiger partial charge >= 0.3 is 0 Å². The first-order valence-electron chi connectivity index (χ1n) is 4.93. The number of hydrogen-bond donors (Lipinski definition) is 0. The first kappa shape index (κ1) is 8.84. The molecule has 2 rings (SSSR count). The molecular formula is C12H14S. The molecular weight excluding hydrogens is 176 g/mol. The highest BCUT2D eigenvalue weighted by atomic mass is 32.1. The molecule has 1 aromatic rings. The van der Waals surface area contributed by atoms with Crippen molar-refractivity contribution in [2.45, 2.75) is 38.5 Å². The highest BCUT2D eigenvalue weighted by Gasteiger charge is 2.14. The van der Waals surface area contributed by atoms with Crippen LogP contribution in [0.1, 0.15) is 35.3 Å². The van der Waals surface area contributed by atoms with Crippen molar-refractivity contribution in [1.29, 1.82) is 0 Å². The molecule has 1 aromatic heterocycles. The van der Waals surface area contributed by atoms with E-state index in [0.717, 1.165) is 12.8 Å². The van der Waals surface area contributed by atoms with Gasteiger partial charge in [0.15, 0.2) is 0 Å². The Kier molecular flexibility index (Phi) is 2.71. The highest BCUT2D eigenvalue weighted by Crippen LogP contribution is 2.30. The van der Waals surface area contributed by atoms with Crippen LogP contribution in [0.3, 0.4) is 0 Å². The van der Waals surface area contributed by atoms with Crippen molar-refractivity contribution in [2.75, 3.05) is 0 Å². The summed E-state index contributed by atoms with van der Waals surface area (Å²) in [5, 5.41) is 2.31. The zero-order valence-electron chi connectivity index (χ0n) is 7.81. The Morgan fingerprint density at radius 1 is 1.38 bits per heavy atom. The normalized spacial score (nSPS) is 15.0. The molecule has 13 heavy (non-hydrogen) atoms. The van der Waals surface area contributed by atoms with Gasteiger partial charge in [0.2, 0.25) is 0 Å². The molecule has 1 heteroatoms. The third-order valence-electron chi connectivity index (χ3n) is 2.69. The molecule has 0 unspecified atom stereocenters. The Hall–Kier alpha value is -0.740. The van der Waals surface area contributed by atoms with E-state index in [2.05, 4.69) is 11.3 Å². The van der Waals surface area contributed by atoms with Crippen LogP contribution in [0.4, 0.5) is 0 Å². The van der Waals surface area contributed by atoms with Gasteiger partial charge in [0.05, 0.1) is 0 Å². The van der Waals surface area contributed by atoms with E-state index in [9.17, 15) is 0 Å². The van der Waals surface area contributed by atoms with E-state index in [1.165, 1.54) is 31.2 Å². The van der Waals surface area contributed by atoms with E-state index >= 15 is 0 Å². The molecule has 0 fully saturated rings. The second-order valence-electron chi connectivity index (χ2n) is 3.57. The molecule has 0 aromatic carbocycles. The van der Waals surface area contributed by atoms with E-state index in [1.807, 2.05) is 11.3 Å². The van der Waals surface area contributed by atoms with Crippen LogP contribution in [0.25, 0.3) is 0 Å². The fraction of sp³-hybridized carbons (Fsp3) is 0.500. The van der Waals surface area contributed by atoms with Gasteiger partial charge in [-0.3, -0.25) is 0 Å². The van der Waals surface area contributed by atoms with Gasteiger partial charge < -0.3 is 0 Å². The van der Waals surface area contributed by atoms with Crippen molar-refractivity contribution in [3.8, 4) is 12.3 Å². The second-order valence-corrected chi connectivity index (χ2v) is 4.54. The first-order valence-corrected chi connectivity index (χ1v) is 5.81. The topological polar surface area (TPSA) is 0 Å². The van der Waals surface area contributed by atoms with Crippen LogP contribution in [0.15, 0.2) is 5.38 Å². The Bertz CT molecular complexity index is 327. The van der Waals surface area contributed by atoms with Gasteiger partial charge in [-0.25, -0.2) is 0 Å². The molecule has 1 heterocycles. The summed E-state index contributed by atoms with van der Waals surface area (Å²) >= 11 is 1.93. The summed E-state index contributed by atoms with van der Waals surface area (Å²) < 4.78 is 0. The summed E-state index contributed by atoms with van der Waals surface area (Å²) in [5.41, 5.74) is 3.16. The summed E-state index contributed by atoms with van der Waals surface area (Å²) in [6, 6.07) is 0. The average molecular weight is 190 g/mol. The van der Waals surface area contributed by atoms with E-state index in [-0.39, 0.29) is 0 Å². The highest BCUT2D eigenvalue weighted by molar-refractivity contribution is 7.10. The number of hydrogen-bond acceptors (Lipinski definition) is 1. The fourth-order valence-corrected chi connectivity index (χ4v) is 3.16. The van der Waals surface area contributed by atoms with E-state index in [1.54, 1.807) is 10.4 Å². The Labute approximate surface area is 84.0 Å². The zero-order valence-corrected chi connectivity index (χ0v) is 8.62. The number of terminal acetylenes is 1. The van der Waals surface area contributed by atoms with Crippen LogP contribution in [0, 0.1) is 12.3 Å². The van der Waals surface area contributed by atoms with E-state index in [4.69, 9.17) is 6.42 Å². The maximum Gasteiger partial charge on any atom is 0.0127 e. The van der Waals surface area contributed by atoms with Crippen molar-refractivity contribution >= 4 is 11.3 Å². The molecule has 0 atom stereocenters. The van der Waals surface area contributed by atoms with Crippen LogP contribution < -0.4 is 0 Å². The third kappa shape index (κ3) is 1.78. The molecule has 0 aliphatic heterocycles. The average Bonchev–Trinajstić information content (AvgIpc) is 2.58. The molecule has 0 bridgehead atoms. The van der Waals surface area contributed by atoms with Crippen LogP contribution in [0.2, 0.25) is 0 Å². The third-order valence-corrected chi connectivity index (χ3v) is 3.82. The van der Waals surface area contributed by atoms with Gasteiger partial charge in [0.25, 0.3) is 0 Å². The minimum Gasteiger partial charge on any atom is -0.148 e. The summed E-state index contributed by atoms with van der Waals surface area (Å²) in [4.78, 5) is 1.62. The standard InChI is InChI=1S/C12H14S/c1-2-3-6-10-9-13-12-8-5-4-7-11(10)12/h1,9H,3-8H2. The van der Waals surface area contributed by atoms with Gasteiger partial charge in [-0.2, -0.15) is 0 Å². The van der Waals surface area contributed by atoms with Gasteiger partial charge in [-0.15, -0.1) is 23.7 Å². The molecule has 1 aliphatic rings. The van der Waals surface area contributed by atoms with E-state index in [0.29, 0.717) is 0 Å². The predicted octanol–water partition coefficient (Wildman–Crippen LogP) is 3.19. The maximum absolute atomic E-state index is 5.27. The number of aryl methyl sites for hydroxylation is 2. The molecule has 1 aliphatic carbocycles. The fourth-order valence-electron chi connectivity index (χ4n) is 1.98. The number of rotatable bonds is 2. The van der Waals surface area contributed by atoms with Crippen LogP contribution >= 0.6 is 11.3 Å². The predicted molar refractivity (Wildman–Crippen MR) is 58.1 cm³/mol. The van der Waals surface area contributed by atoms with Gasteiger partial charge in [-0.05, 0) is 48.6 Å². The van der Waals surface area contributed by atoms with Gasteiger partial charge in [0, 0.05) is 11.3 Å². The summed E-state index contributed by atoms with van der Waals surface area (Å²) in [6.45, 7) is 0. The van der Waals surface area contributed by atoms with Crippen molar-refractivity contribution in [2.24, 2.45) is 0 Å². The first-order chi connectivity index (χ1) is 6.42. The van der Waals surface area contributed by atoms with Crippen molar-refractivity contribution in [3.05, 3.63) is 21.4 Å². The molecule has 68 valence electrons. The second kappa shape index (κ2) is 3.98. The Morgan fingerprint density at radius 3 is 3.08 bits per heavy atom. The molecule has 0 radical (unpaired) electrons. The largest absolute Gasteiger partial charge is 0.148 e. The monoisotopic (exact) mass is 190 g/mol. The molecule has 0 amide bonds. The lowest BCUT2D eigenvalue weighted by molar-refractivity contribution is 0.690. The molecule has 0 nitrogen and oxygen atoms in total. The van der Waals surface area contributed by atoms with Crippen molar-refractivity contribution in [1.82, 2.24) is 0 Å². The summed E-state index contributed by atoms with van der Waals surface area (Å²) in [5.74, 6) is 2.72. The quantitative estimate of drug-likeness (QED) is 0.628. The lowest BCUT2D eigenvalue weighted by Gasteiger charge is -2.12. The van der Waals surface area contributed by atoms with Gasteiger partial charge in [0.1, 0.15) is 0 Å². The number of fused-ring (bicyclic) bond motifs is 1. The summed E-state index contributed by atoms with van der Waals surface area (Å²) in [7, 11) is 0. The minimum absolute atomic E-state index is 0.892. The van der Waals surface area contributed by atoms with E-state index < -0.39 is 0 Å². The smallest absolute Gasteiger partial charge is 0.0127 e. The summed E-state index contributed by atoms with van der Waals surface area (Å²) in [6.07, 6.45) is 12.6. The van der Waals surface area contributed by atoms with Crippen LogP contribution in [-0.4, -0.2) is 0 Å². The van der Waals surface area contributed by atoms with Crippen LogP contribution in [-0.2, 0) is 19.3 Å². The minimum atomic E-state index is 0.892. The van der Waals surface area contributed by atoms with Crippen molar-refractivity contribution in [3.63, 3.8) is 0 Å². The lowest BCUT2D eigenvalue weighted by Crippen LogP contribution is -2.00. The lowest BCUT2D eigenvalue weighted by atomic mass is 9.94. The molecule has 0 saturated heterocycles. The number of thiophene rings is 1. The van der Waals surface area contributed by atoms with Crippen LogP contribution in [0.5, 0.6) is 0 Å². The maximum atomic E-state index is 5.27. The van der Waals surface area contributed by atoms with Gasteiger partial charge in [-0.1, -0.05) is 0 Å². The zero-order chi connectivity index (χ0) is 9.10. The Morgan fingerprint density at radius 2 is 2.23 bits per heavy atom. The Balaban J connectivity index is 2.18. The van der Waals surface area contributed by atoms with Crippen molar-refractivity contribution < 1.29 is 0 Å².